The van der Waals surface area contributed by atoms with Crippen molar-refractivity contribution in [2.45, 2.75) is 68.8 Å². The van der Waals surface area contributed by atoms with Crippen LogP contribution in [0, 0.1) is 5.92 Å². The van der Waals surface area contributed by atoms with E-state index in [-0.39, 0.29) is 5.41 Å². The zero-order chi connectivity index (χ0) is 22.0. The van der Waals surface area contributed by atoms with E-state index in [9.17, 15) is 4.79 Å². The standard InChI is InChI=1S/C23H27N5OS2/c1-5-19-25-20(27-21-24-18(13-30-21)23(2,3)4)28-22(26-19)31-16-10-6-14(7-11-16)12-17(29)15-8-9-15/h6-7,10-11,13,15H,5,8-9,12H2,1-4H3,(H,24,25,26,27,28). The fourth-order valence-electron chi connectivity index (χ4n) is 2.96. The van der Waals surface area contributed by atoms with Gasteiger partial charge in [-0.2, -0.15) is 9.97 Å². The molecule has 31 heavy (non-hydrogen) atoms. The smallest absolute Gasteiger partial charge is 0.233 e. The Morgan fingerprint density at radius 3 is 2.48 bits per heavy atom. The molecule has 1 aromatic carbocycles. The van der Waals surface area contributed by atoms with Crippen LogP contribution in [0.2, 0.25) is 0 Å². The van der Waals surface area contributed by atoms with Gasteiger partial charge in [0.15, 0.2) is 10.3 Å². The molecule has 2 aromatic heterocycles. The molecule has 0 amide bonds. The Kier molecular flexibility index (Phi) is 6.39. The van der Waals surface area contributed by atoms with E-state index in [1.165, 1.54) is 11.8 Å². The molecule has 1 aliphatic carbocycles. The van der Waals surface area contributed by atoms with Crippen molar-refractivity contribution in [1.82, 2.24) is 19.9 Å². The summed E-state index contributed by atoms with van der Waals surface area (Å²) in [4.78, 5) is 31.4. The molecule has 162 valence electrons. The molecular weight excluding hydrogens is 426 g/mol. The minimum Gasteiger partial charge on any atom is -0.300 e. The summed E-state index contributed by atoms with van der Waals surface area (Å²) in [5.74, 6) is 1.91. The number of aromatic nitrogens is 4. The molecule has 4 rings (SSSR count). The Hall–Kier alpha value is -2.32. The van der Waals surface area contributed by atoms with E-state index in [1.807, 2.05) is 31.2 Å². The number of ketones is 1. The zero-order valence-corrected chi connectivity index (χ0v) is 19.9. The van der Waals surface area contributed by atoms with Gasteiger partial charge in [0.1, 0.15) is 11.6 Å². The van der Waals surface area contributed by atoms with E-state index < -0.39 is 0 Å². The molecule has 1 N–H and O–H groups in total. The Morgan fingerprint density at radius 1 is 1.13 bits per heavy atom. The van der Waals surface area contributed by atoms with Crippen molar-refractivity contribution in [2.24, 2.45) is 5.92 Å². The summed E-state index contributed by atoms with van der Waals surface area (Å²) in [6.07, 6.45) is 3.36. The number of carbonyl (C=O) groups excluding carboxylic acids is 1. The largest absolute Gasteiger partial charge is 0.300 e. The van der Waals surface area contributed by atoms with Crippen molar-refractivity contribution in [3.8, 4) is 0 Å². The highest BCUT2D eigenvalue weighted by molar-refractivity contribution is 7.99. The van der Waals surface area contributed by atoms with Gasteiger partial charge in [-0.05, 0) is 42.3 Å². The number of nitrogens with zero attached hydrogens (tertiary/aromatic N) is 4. The van der Waals surface area contributed by atoms with Gasteiger partial charge < -0.3 is 0 Å². The number of anilines is 2. The number of Topliss-reactive ketones (excluding diaryl/α,β-unsaturated/α-hetero) is 1. The molecule has 0 saturated heterocycles. The Balaban J connectivity index is 1.47. The van der Waals surface area contributed by atoms with Gasteiger partial charge in [-0.15, -0.1) is 11.3 Å². The average Bonchev–Trinajstić information content (AvgIpc) is 3.47. The number of aryl methyl sites for hydroxylation is 1. The zero-order valence-electron chi connectivity index (χ0n) is 18.3. The topological polar surface area (TPSA) is 80.7 Å². The highest BCUT2D eigenvalue weighted by Gasteiger charge is 2.29. The summed E-state index contributed by atoms with van der Waals surface area (Å²) in [6.45, 7) is 8.46. The minimum absolute atomic E-state index is 0.000550. The number of hydrogen-bond donors (Lipinski definition) is 1. The molecule has 1 aliphatic rings. The fourth-order valence-corrected chi connectivity index (χ4v) is 4.66. The Bertz CT molecular complexity index is 1070. The molecule has 3 aromatic rings. The first-order chi connectivity index (χ1) is 14.8. The predicted molar refractivity (Wildman–Crippen MR) is 125 cm³/mol. The molecule has 0 aliphatic heterocycles. The van der Waals surface area contributed by atoms with Crippen molar-refractivity contribution in [2.75, 3.05) is 5.32 Å². The summed E-state index contributed by atoms with van der Waals surface area (Å²) in [5.41, 5.74) is 2.10. The number of rotatable bonds is 8. The predicted octanol–water partition coefficient (Wildman–Crippen LogP) is 5.60. The summed E-state index contributed by atoms with van der Waals surface area (Å²) in [6, 6.07) is 8.10. The SMILES string of the molecule is CCc1nc(Nc2nc(C(C)(C)C)cs2)nc(Sc2ccc(CC(=O)C3CC3)cc2)n1. The number of hydrogen-bond acceptors (Lipinski definition) is 8. The third kappa shape index (κ3) is 5.89. The first-order valence-corrected chi connectivity index (χ1v) is 12.3. The van der Waals surface area contributed by atoms with Gasteiger partial charge in [0, 0.05) is 34.5 Å². The van der Waals surface area contributed by atoms with Crippen LogP contribution >= 0.6 is 23.1 Å². The number of carbonyl (C=O) groups is 1. The normalized spacial score (nSPS) is 13.9. The number of benzene rings is 1. The lowest BCUT2D eigenvalue weighted by Gasteiger charge is -2.14. The van der Waals surface area contributed by atoms with Crippen LogP contribution in [-0.4, -0.2) is 25.7 Å². The third-order valence-electron chi connectivity index (χ3n) is 5.01. The van der Waals surface area contributed by atoms with Crippen LogP contribution in [0.15, 0.2) is 39.7 Å². The van der Waals surface area contributed by atoms with E-state index >= 15 is 0 Å². The second kappa shape index (κ2) is 9.04. The van der Waals surface area contributed by atoms with Gasteiger partial charge >= 0.3 is 0 Å². The Labute approximate surface area is 191 Å². The highest BCUT2D eigenvalue weighted by atomic mass is 32.2. The molecule has 0 bridgehead atoms. The van der Waals surface area contributed by atoms with Gasteiger partial charge in [-0.25, -0.2) is 9.97 Å². The van der Waals surface area contributed by atoms with Crippen molar-refractivity contribution in [3.05, 3.63) is 46.7 Å². The lowest BCUT2D eigenvalue weighted by atomic mass is 9.93. The molecule has 0 spiro atoms. The van der Waals surface area contributed by atoms with Crippen molar-refractivity contribution >= 4 is 40.0 Å². The average molecular weight is 454 g/mol. The van der Waals surface area contributed by atoms with Crippen LogP contribution in [0.4, 0.5) is 11.1 Å². The monoisotopic (exact) mass is 453 g/mol. The van der Waals surface area contributed by atoms with E-state index in [0.717, 1.165) is 46.4 Å². The molecule has 0 unspecified atom stereocenters. The maximum Gasteiger partial charge on any atom is 0.233 e. The molecule has 1 saturated carbocycles. The Morgan fingerprint density at radius 2 is 1.87 bits per heavy atom. The van der Waals surface area contributed by atoms with E-state index in [0.29, 0.717) is 29.2 Å². The number of thiazole rings is 1. The van der Waals surface area contributed by atoms with Crippen LogP contribution in [-0.2, 0) is 23.1 Å². The lowest BCUT2D eigenvalue weighted by Crippen LogP contribution is -2.11. The van der Waals surface area contributed by atoms with Crippen molar-refractivity contribution in [1.29, 1.82) is 0 Å². The lowest BCUT2D eigenvalue weighted by molar-refractivity contribution is -0.119. The maximum atomic E-state index is 12.0. The molecule has 1 fully saturated rings. The molecule has 2 heterocycles. The molecule has 8 heteroatoms. The summed E-state index contributed by atoms with van der Waals surface area (Å²) in [7, 11) is 0. The first-order valence-electron chi connectivity index (χ1n) is 10.6. The second-order valence-electron chi connectivity index (χ2n) is 8.79. The van der Waals surface area contributed by atoms with Gasteiger partial charge in [0.2, 0.25) is 5.95 Å². The summed E-state index contributed by atoms with van der Waals surface area (Å²) in [5, 5.41) is 6.72. The highest BCUT2D eigenvalue weighted by Crippen LogP contribution is 2.32. The van der Waals surface area contributed by atoms with E-state index in [1.54, 1.807) is 11.3 Å². The molecule has 0 radical (unpaired) electrons. The van der Waals surface area contributed by atoms with Gasteiger partial charge in [0.25, 0.3) is 0 Å². The summed E-state index contributed by atoms with van der Waals surface area (Å²) >= 11 is 3.04. The van der Waals surface area contributed by atoms with Crippen molar-refractivity contribution < 1.29 is 4.79 Å². The van der Waals surface area contributed by atoms with Gasteiger partial charge in [0.05, 0.1) is 5.69 Å². The van der Waals surface area contributed by atoms with Crippen LogP contribution in [0.25, 0.3) is 0 Å². The quantitative estimate of drug-likeness (QED) is 0.475. The van der Waals surface area contributed by atoms with E-state index in [4.69, 9.17) is 0 Å². The summed E-state index contributed by atoms with van der Waals surface area (Å²) < 4.78 is 0. The third-order valence-corrected chi connectivity index (χ3v) is 6.64. The van der Waals surface area contributed by atoms with Gasteiger partial charge in [-0.3, -0.25) is 10.1 Å². The molecule has 0 atom stereocenters. The van der Waals surface area contributed by atoms with Crippen LogP contribution in [0.5, 0.6) is 0 Å². The van der Waals surface area contributed by atoms with Crippen LogP contribution in [0.1, 0.15) is 57.6 Å². The van der Waals surface area contributed by atoms with Gasteiger partial charge in [-0.1, -0.05) is 39.8 Å². The van der Waals surface area contributed by atoms with Crippen LogP contribution < -0.4 is 5.32 Å². The fraction of sp³-hybridized carbons (Fsp3) is 0.435. The maximum absolute atomic E-state index is 12.0. The van der Waals surface area contributed by atoms with Crippen molar-refractivity contribution in [3.63, 3.8) is 0 Å². The first kappa shape index (κ1) is 21.9. The van der Waals surface area contributed by atoms with E-state index in [2.05, 4.69) is 51.4 Å². The number of nitrogens with one attached hydrogen (secondary N) is 1. The molecule has 6 nitrogen and oxygen atoms in total. The molecular formula is C23H27N5OS2. The second-order valence-corrected chi connectivity index (χ2v) is 10.7. The minimum atomic E-state index is 0.000550. The van der Waals surface area contributed by atoms with Crippen LogP contribution in [0.3, 0.4) is 0 Å².